The highest BCUT2D eigenvalue weighted by molar-refractivity contribution is 7.84. The van der Waals surface area contributed by atoms with Crippen molar-refractivity contribution in [2.24, 2.45) is 0 Å². The van der Waals surface area contributed by atoms with Crippen molar-refractivity contribution in [1.29, 1.82) is 0 Å². The fraction of sp³-hybridized carbons (Fsp3) is 0.600. The van der Waals surface area contributed by atoms with Gasteiger partial charge < -0.3 is 4.18 Å². The van der Waals surface area contributed by atoms with Gasteiger partial charge in [-0.15, -0.1) is 0 Å². The summed E-state index contributed by atoms with van der Waals surface area (Å²) in [5.41, 5.74) is 0. The third-order valence-corrected chi connectivity index (χ3v) is 2.20. The zero-order chi connectivity index (χ0) is 7.78. The highest BCUT2D eigenvalue weighted by Gasteiger charge is 2.19. The molecule has 1 unspecified atom stereocenters. The Balaban J connectivity index is 2.91. The molecule has 0 aromatic rings. The topological polar surface area (TPSA) is 55.4 Å². The number of hydrogen-bond donors (Lipinski definition) is 1. The van der Waals surface area contributed by atoms with Gasteiger partial charge in [0.05, 0.1) is 0 Å². The Labute approximate surface area is 60.1 Å². The minimum Gasteiger partial charge on any atom is -0.376 e. The van der Waals surface area contributed by atoms with E-state index in [0.717, 1.165) is 0 Å². The Bertz CT molecular complexity index is 254. The normalized spacial score (nSPS) is 30.6. The molecule has 0 saturated heterocycles. The molecule has 0 amide bonds. The first-order valence-corrected chi connectivity index (χ1v) is 4.30. The standard InChI is InChI=1S/C5H9NO3S/c1-4-3-5(2)9-10(7,8)6-4/h3-4,6H,1-2H3. The minimum absolute atomic E-state index is 0.168. The van der Waals surface area contributed by atoms with E-state index in [-0.39, 0.29) is 6.04 Å². The molecule has 1 heterocycles. The summed E-state index contributed by atoms with van der Waals surface area (Å²) in [5, 5.41) is 0. The summed E-state index contributed by atoms with van der Waals surface area (Å²) in [6.07, 6.45) is 1.70. The molecule has 1 rings (SSSR count). The van der Waals surface area contributed by atoms with E-state index in [0.29, 0.717) is 5.76 Å². The fourth-order valence-electron chi connectivity index (χ4n) is 0.839. The van der Waals surface area contributed by atoms with Gasteiger partial charge in [-0.25, -0.2) is 0 Å². The van der Waals surface area contributed by atoms with Crippen molar-refractivity contribution in [1.82, 2.24) is 4.72 Å². The summed E-state index contributed by atoms with van der Waals surface area (Å²) in [7, 11) is -3.50. The van der Waals surface area contributed by atoms with Crippen molar-refractivity contribution in [3.05, 3.63) is 11.8 Å². The lowest BCUT2D eigenvalue weighted by atomic mass is 10.3. The quantitative estimate of drug-likeness (QED) is 0.552. The molecule has 10 heavy (non-hydrogen) atoms. The Hall–Kier alpha value is -0.550. The minimum atomic E-state index is -3.50. The van der Waals surface area contributed by atoms with Crippen molar-refractivity contribution >= 4 is 10.3 Å². The number of nitrogens with one attached hydrogen (secondary N) is 1. The van der Waals surface area contributed by atoms with Crippen LogP contribution in [0.3, 0.4) is 0 Å². The molecular weight excluding hydrogens is 154 g/mol. The highest BCUT2D eigenvalue weighted by Crippen LogP contribution is 2.09. The van der Waals surface area contributed by atoms with Gasteiger partial charge in [-0.3, -0.25) is 0 Å². The molecule has 0 radical (unpaired) electrons. The summed E-state index contributed by atoms with van der Waals surface area (Å²) in [6.45, 7) is 3.35. The third kappa shape index (κ3) is 1.71. The van der Waals surface area contributed by atoms with Crippen molar-refractivity contribution in [2.75, 3.05) is 0 Å². The lowest BCUT2D eigenvalue weighted by molar-refractivity contribution is 0.377. The summed E-state index contributed by atoms with van der Waals surface area (Å²) in [5.74, 6) is 0.422. The maximum Gasteiger partial charge on any atom is 0.382 e. The Kier molecular flexibility index (Phi) is 1.70. The molecule has 0 saturated carbocycles. The average molecular weight is 163 g/mol. The molecule has 1 aliphatic heterocycles. The number of hydrogen-bond acceptors (Lipinski definition) is 3. The summed E-state index contributed by atoms with van der Waals surface area (Å²) >= 11 is 0. The Morgan fingerprint density at radius 2 is 2.30 bits per heavy atom. The van der Waals surface area contributed by atoms with E-state index in [1.807, 2.05) is 0 Å². The van der Waals surface area contributed by atoms with E-state index < -0.39 is 10.3 Å². The predicted octanol–water partition coefficient (Wildman–Crippen LogP) is 0.143. The molecule has 1 aliphatic rings. The van der Waals surface area contributed by atoms with Gasteiger partial charge in [0.25, 0.3) is 0 Å². The molecule has 0 aliphatic carbocycles. The molecule has 0 fully saturated rings. The van der Waals surface area contributed by atoms with Crippen molar-refractivity contribution in [3.63, 3.8) is 0 Å². The van der Waals surface area contributed by atoms with Gasteiger partial charge in [-0.2, -0.15) is 13.1 Å². The molecule has 5 heteroatoms. The van der Waals surface area contributed by atoms with Gasteiger partial charge in [0.1, 0.15) is 5.76 Å². The van der Waals surface area contributed by atoms with Crippen LogP contribution in [0.2, 0.25) is 0 Å². The van der Waals surface area contributed by atoms with Gasteiger partial charge in [0.2, 0.25) is 0 Å². The smallest absolute Gasteiger partial charge is 0.376 e. The first-order valence-electron chi connectivity index (χ1n) is 2.90. The molecule has 4 nitrogen and oxygen atoms in total. The first kappa shape index (κ1) is 7.56. The van der Waals surface area contributed by atoms with E-state index >= 15 is 0 Å². The number of rotatable bonds is 0. The zero-order valence-corrected chi connectivity index (χ0v) is 6.60. The maximum absolute atomic E-state index is 10.7. The molecule has 0 aromatic heterocycles. The lowest BCUT2D eigenvalue weighted by Crippen LogP contribution is -2.36. The largest absolute Gasteiger partial charge is 0.382 e. The first-order chi connectivity index (χ1) is 4.49. The molecular formula is C5H9NO3S. The predicted molar refractivity (Wildman–Crippen MR) is 36.4 cm³/mol. The van der Waals surface area contributed by atoms with Crippen LogP contribution in [0.15, 0.2) is 11.8 Å². The SMILES string of the molecule is CC1=CC(C)NS(=O)(=O)O1. The second kappa shape index (κ2) is 2.25. The average Bonchev–Trinajstić information content (AvgIpc) is 1.54. The van der Waals surface area contributed by atoms with Gasteiger partial charge in [0, 0.05) is 6.04 Å². The summed E-state index contributed by atoms with van der Waals surface area (Å²) < 4.78 is 28.1. The van der Waals surface area contributed by atoms with E-state index in [1.54, 1.807) is 19.9 Å². The molecule has 0 bridgehead atoms. The fourth-order valence-corrected chi connectivity index (χ4v) is 1.81. The van der Waals surface area contributed by atoms with Gasteiger partial charge in [-0.05, 0) is 19.9 Å². The van der Waals surface area contributed by atoms with Crippen LogP contribution in [0.5, 0.6) is 0 Å². The summed E-state index contributed by atoms with van der Waals surface area (Å²) in [6, 6.07) is -0.168. The molecule has 58 valence electrons. The van der Waals surface area contributed by atoms with E-state index in [9.17, 15) is 8.42 Å². The molecule has 1 N–H and O–H groups in total. The Morgan fingerprint density at radius 3 is 2.70 bits per heavy atom. The van der Waals surface area contributed by atoms with Crippen molar-refractivity contribution in [3.8, 4) is 0 Å². The van der Waals surface area contributed by atoms with Gasteiger partial charge in [-0.1, -0.05) is 0 Å². The van der Waals surface area contributed by atoms with Crippen molar-refractivity contribution < 1.29 is 12.6 Å². The van der Waals surface area contributed by atoms with Crippen LogP contribution in [0.25, 0.3) is 0 Å². The molecule has 1 atom stereocenters. The summed E-state index contributed by atoms with van der Waals surface area (Å²) in [4.78, 5) is 0. The Morgan fingerprint density at radius 1 is 1.70 bits per heavy atom. The highest BCUT2D eigenvalue weighted by atomic mass is 32.2. The van der Waals surface area contributed by atoms with Crippen molar-refractivity contribution in [2.45, 2.75) is 19.9 Å². The van der Waals surface area contributed by atoms with Crippen LogP contribution in [-0.2, 0) is 14.5 Å². The molecule has 0 spiro atoms. The van der Waals surface area contributed by atoms with Gasteiger partial charge >= 0.3 is 10.3 Å². The van der Waals surface area contributed by atoms with E-state index in [1.165, 1.54) is 0 Å². The maximum atomic E-state index is 10.7. The zero-order valence-electron chi connectivity index (χ0n) is 5.79. The van der Waals surface area contributed by atoms with Crippen LogP contribution in [0.4, 0.5) is 0 Å². The van der Waals surface area contributed by atoms with E-state index in [2.05, 4.69) is 8.91 Å². The van der Waals surface area contributed by atoms with Crippen LogP contribution < -0.4 is 4.72 Å². The third-order valence-electron chi connectivity index (χ3n) is 1.06. The van der Waals surface area contributed by atoms with Crippen LogP contribution in [0, 0.1) is 0 Å². The van der Waals surface area contributed by atoms with E-state index in [4.69, 9.17) is 0 Å². The monoisotopic (exact) mass is 163 g/mol. The molecule has 0 aromatic carbocycles. The second-order valence-corrected chi connectivity index (χ2v) is 3.53. The van der Waals surface area contributed by atoms with Crippen LogP contribution >= 0.6 is 0 Å². The lowest BCUT2D eigenvalue weighted by Gasteiger charge is -2.17. The van der Waals surface area contributed by atoms with Crippen LogP contribution in [-0.4, -0.2) is 14.5 Å². The number of allylic oxidation sites excluding steroid dienone is 1. The second-order valence-electron chi connectivity index (χ2n) is 2.22. The van der Waals surface area contributed by atoms with Gasteiger partial charge in [0.15, 0.2) is 0 Å². The van der Waals surface area contributed by atoms with Crippen LogP contribution in [0.1, 0.15) is 13.8 Å².